The highest BCUT2D eigenvalue weighted by atomic mass is 32.2. The first-order valence-electron chi connectivity index (χ1n) is 9.76. The van der Waals surface area contributed by atoms with Crippen LogP contribution in [0.4, 0.5) is 25.0 Å². The quantitative estimate of drug-likeness (QED) is 0.700. The average Bonchev–Trinajstić information content (AvgIpc) is 3.33. The van der Waals surface area contributed by atoms with Gasteiger partial charge in [0, 0.05) is 18.8 Å². The van der Waals surface area contributed by atoms with Gasteiger partial charge in [0.25, 0.3) is 11.1 Å². The molecule has 2 aromatic carbocycles. The van der Waals surface area contributed by atoms with Crippen molar-refractivity contribution in [2.75, 3.05) is 29.9 Å². The first-order valence-corrected chi connectivity index (χ1v) is 10.6. The summed E-state index contributed by atoms with van der Waals surface area (Å²) in [5.74, 6) is -2.16. The topological polar surface area (TPSA) is 69.7 Å². The summed E-state index contributed by atoms with van der Waals surface area (Å²) in [6.45, 7) is 1.13. The molecule has 0 saturated carbocycles. The van der Waals surface area contributed by atoms with Gasteiger partial charge in [-0.05, 0) is 66.6 Å². The van der Waals surface area contributed by atoms with Crippen LogP contribution in [0, 0.1) is 11.6 Å². The van der Waals surface area contributed by atoms with E-state index in [1.54, 1.807) is 12.1 Å². The number of carbonyl (C=O) groups is 3. The summed E-state index contributed by atoms with van der Waals surface area (Å²) in [4.78, 5) is 39.9. The predicted molar refractivity (Wildman–Crippen MR) is 116 cm³/mol. The summed E-state index contributed by atoms with van der Waals surface area (Å²) in [6.07, 6.45) is 3.49. The number of benzene rings is 2. The molecule has 0 spiro atoms. The Balaban J connectivity index is 1.44. The van der Waals surface area contributed by atoms with Crippen molar-refractivity contribution in [2.45, 2.75) is 12.8 Å². The summed E-state index contributed by atoms with van der Waals surface area (Å²) >= 11 is 0.688. The van der Waals surface area contributed by atoms with Gasteiger partial charge in [-0.3, -0.25) is 19.3 Å². The third-order valence-corrected chi connectivity index (χ3v) is 5.91. The SMILES string of the molecule is O=C(CN1C(=O)S/C(=C/c2ccc(N3CCCC3)c(F)c2)C1=O)Nc1cccc(F)c1. The number of anilines is 2. The van der Waals surface area contributed by atoms with Gasteiger partial charge in [0.15, 0.2) is 0 Å². The lowest BCUT2D eigenvalue weighted by Crippen LogP contribution is -2.36. The van der Waals surface area contributed by atoms with Crippen LogP contribution in [0.15, 0.2) is 47.4 Å². The van der Waals surface area contributed by atoms with Gasteiger partial charge in [0.05, 0.1) is 10.6 Å². The lowest BCUT2D eigenvalue weighted by molar-refractivity contribution is -0.127. The molecule has 2 aliphatic heterocycles. The maximum absolute atomic E-state index is 14.5. The molecule has 2 fully saturated rings. The minimum Gasteiger partial charge on any atom is -0.369 e. The highest BCUT2D eigenvalue weighted by Crippen LogP contribution is 2.33. The number of thioether (sulfide) groups is 1. The summed E-state index contributed by atoms with van der Waals surface area (Å²) in [7, 11) is 0. The summed E-state index contributed by atoms with van der Waals surface area (Å²) in [5, 5.41) is 1.85. The fraction of sp³-hybridized carbons (Fsp3) is 0.227. The van der Waals surface area contributed by atoms with E-state index in [2.05, 4.69) is 5.32 Å². The molecular weight excluding hydrogens is 424 g/mol. The van der Waals surface area contributed by atoms with Gasteiger partial charge in [-0.1, -0.05) is 12.1 Å². The van der Waals surface area contributed by atoms with Crippen LogP contribution in [-0.4, -0.2) is 41.6 Å². The maximum Gasteiger partial charge on any atom is 0.294 e. The van der Waals surface area contributed by atoms with Crippen LogP contribution in [0.3, 0.4) is 0 Å². The van der Waals surface area contributed by atoms with Crippen LogP contribution in [0.25, 0.3) is 6.08 Å². The van der Waals surface area contributed by atoms with E-state index >= 15 is 0 Å². The zero-order valence-electron chi connectivity index (χ0n) is 16.4. The second-order valence-electron chi connectivity index (χ2n) is 7.23. The number of hydrogen-bond acceptors (Lipinski definition) is 5. The molecule has 0 atom stereocenters. The van der Waals surface area contributed by atoms with Gasteiger partial charge in [-0.25, -0.2) is 8.78 Å². The van der Waals surface area contributed by atoms with E-state index in [9.17, 15) is 23.2 Å². The molecule has 9 heteroatoms. The van der Waals surface area contributed by atoms with Crippen LogP contribution in [0.5, 0.6) is 0 Å². The molecule has 2 heterocycles. The van der Waals surface area contributed by atoms with Crippen molar-refractivity contribution in [3.05, 3.63) is 64.6 Å². The van der Waals surface area contributed by atoms with Gasteiger partial charge in [0.1, 0.15) is 18.2 Å². The molecule has 2 aromatic rings. The third kappa shape index (κ3) is 4.77. The number of hydrogen-bond donors (Lipinski definition) is 1. The number of nitrogens with zero attached hydrogens (tertiary/aromatic N) is 2. The Morgan fingerprint density at radius 1 is 1.10 bits per heavy atom. The Hall–Kier alpha value is -3.20. The highest BCUT2D eigenvalue weighted by molar-refractivity contribution is 8.18. The number of amides is 3. The minimum atomic E-state index is -0.631. The van der Waals surface area contributed by atoms with Crippen molar-refractivity contribution in [2.24, 2.45) is 0 Å². The summed E-state index contributed by atoms with van der Waals surface area (Å²) in [5.41, 5.74) is 1.20. The van der Waals surface area contributed by atoms with E-state index in [-0.39, 0.29) is 16.4 Å². The molecule has 0 bridgehead atoms. The Kier molecular flexibility index (Phi) is 6.03. The van der Waals surface area contributed by atoms with Crippen molar-refractivity contribution in [3.8, 4) is 0 Å². The van der Waals surface area contributed by atoms with Gasteiger partial charge < -0.3 is 10.2 Å². The summed E-state index contributed by atoms with van der Waals surface area (Å²) < 4.78 is 27.8. The van der Waals surface area contributed by atoms with E-state index in [4.69, 9.17) is 0 Å². The Labute approximate surface area is 181 Å². The summed E-state index contributed by atoms with van der Waals surface area (Å²) in [6, 6.07) is 9.99. The first-order chi connectivity index (χ1) is 14.9. The molecule has 4 rings (SSSR count). The molecule has 0 aromatic heterocycles. The van der Waals surface area contributed by atoms with Gasteiger partial charge in [-0.2, -0.15) is 0 Å². The Bertz CT molecular complexity index is 1080. The maximum atomic E-state index is 14.5. The van der Waals surface area contributed by atoms with Gasteiger partial charge in [0.2, 0.25) is 5.91 Å². The first kappa shape index (κ1) is 21.0. The van der Waals surface area contributed by atoms with Crippen LogP contribution < -0.4 is 10.2 Å². The van der Waals surface area contributed by atoms with E-state index in [0.717, 1.165) is 36.9 Å². The van der Waals surface area contributed by atoms with Gasteiger partial charge >= 0.3 is 0 Å². The molecule has 0 unspecified atom stereocenters. The molecule has 2 aliphatic rings. The molecule has 31 heavy (non-hydrogen) atoms. The number of rotatable bonds is 5. The Morgan fingerprint density at radius 2 is 1.87 bits per heavy atom. The van der Waals surface area contributed by atoms with Crippen LogP contribution in [0.1, 0.15) is 18.4 Å². The van der Waals surface area contributed by atoms with Crippen molar-refractivity contribution in [3.63, 3.8) is 0 Å². The number of nitrogens with one attached hydrogen (secondary N) is 1. The van der Waals surface area contributed by atoms with E-state index in [1.807, 2.05) is 4.90 Å². The number of carbonyl (C=O) groups excluding carboxylic acids is 3. The van der Waals surface area contributed by atoms with E-state index in [0.29, 0.717) is 23.0 Å². The second kappa shape index (κ2) is 8.89. The van der Waals surface area contributed by atoms with E-state index in [1.165, 1.54) is 30.3 Å². The number of halogens is 2. The third-order valence-electron chi connectivity index (χ3n) is 5.00. The molecule has 1 N–H and O–H groups in total. The monoisotopic (exact) mass is 443 g/mol. The molecule has 0 radical (unpaired) electrons. The highest BCUT2D eigenvalue weighted by Gasteiger charge is 2.36. The second-order valence-corrected chi connectivity index (χ2v) is 8.22. The molecule has 6 nitrogen and oxygen atoms in total. The molecule has 3 amide bonds. The van der Waals surface area contributed by atoms with Crippen molar-refractivity contribution in [1.82, 2.24) is 4.90 Å². The van der Waals surface area contributed by atoms with Crippen molar-refractivity contribution >= 4 is 46.3 Å². The fourth-order valence-corrected chi connectivity index (χ4v) is 4.36. The van der Waals surface area contributed by atoms with Crippen molar-refractivity contribution < 1.29 is 23.2 Å². The zero-order chi connectivity index (χ0) is 22.0. The standard InChI is InChI=1S/C22H19F2N3O3S/c23-15-4-3-5-16(12-15)25-20(28)13-27-21(29)19(31-22(27)30)11-14-6-7-18(17(24)10-14)26-8-1-2-9-26/h3-7,10-12H,1-2,8-9,13H2,(H,25,28)/b19-11+. The predicted octanol–water partition coefficient (Wildman–Crippen LogP) is 4.24. The van der Waals surface area contributed by atoms with Gasteiger partial charge in [-0.15, -0.1) is 0 Å². The van der Waals surface area contributed by atoms with Crippen molar-refractivity contribution in [1.29, 1.82) is 0 Å². The molecule has 160 valence electrons. The lowest BCUT2D eigenvalue weighted by atomic mass is 10.1. The molecule has 2 saturated heterocycles. The van der Waals surface area contributed by atoms with Crippen LogP contribution in [0.2, 0.25) is 0 Å². The van der Waals surface area contributed by atoms with E-state index < -0.39 is 29.4 Å². The average molecular weight is 443 g/mol. The Morgan fingerprint density at radius 3 is 2.58 bits per heavy atom. The smallest absolute Gasteiger partial charge is 0.294 e. The van der Waals surface area contributed by atoms with Crippen LogP contribution >= 0.6 is 11.8 Å². The molecule has 0 aliphatic carbocycles. The normalized spacial score (nSPS) is 17.7. The zero-order valence-corrected chi connectivity index (χ0v) is 17.3. The molecular formula is C22H19F2N3O3S. The fourth-order valence-electron chi connectivity index (χ4n) is 3.53. The lowest BCUT2D eigenvalue weighted by Gasteiger charge is -2.18. The van der Waals surface area contributed by atoms with Crippen LogP contribution in [-0.2, 0) is 9.59 Å². The largest absolute Gasteiger partial charge is 0.369 e. The number of imide groups is 1. The minimum absolute atomic E-state index is 0.108.